The Balaban J connectivity index is 2.00. The van der Waals surface area contributed by atoms with E-state index in [4.69, 9.17) is 9.84 Å². The molecular weight excluding hydrogens is 180 g/mol. The average molecular weight is 200 g/mol. The van der Waals surface area contributed by atoms with Gasteiger partial charge in [0.15, 0.2) is 6.10 Å². The Morgan fingerprint density at radius 2 is 2.07 bits per heavy atom. The lowest BCUT2D eigenvalue weighted by Crippen LogP contribution is -2.11. The number of hydrogen-bond donors (Lipinski definition) is 1. The number of esters is 1. The van der Waals surface area contributed by atoms with Gasteiger partial charge in [-0.1, -0.05) is 32.6 Å². The van der Waals surface area contributed by atoms with Crippen LogP contribution in [0.3, 0.4) is 0 Å². The van der Waals surface area contributed by atoms with Crippen LogP contribution >= 0.6 is 0 Å². The number of unbranched alkanes of at least 4 members (excludes halogenated alkanes) is 4. The van der Waals surface area contributed by atoms with Gasteiger partial charge in [-0.05, 0) is 12.8 Å². The van der Waals surface area contributed by atoms with E-state index < -0.39 is 12.1 Å². The highest BCUT2D eigenvalue weighted by Crippen LogP contribution is 2.20. The summed E-state index contributed by atoms with van der Waals surface area (Å²) in [6.07, 6.45) is 6.61. The van der Waals surface area contributed by atoms with Crippen LogP contribution in [-0.4, -0.2) is 23.3 Å². The maximum absolute atomic E-state index is 10.8. The Hall–Kier alpha value is -0.570. The highest BCUT2D eigenvalue weighted by Gasteiger charge is 2.31. The van der Waals surface area contributed by atoms with Gasteiger partial charge >= 0.3 is 5.97 Å². The molecule has 1 saturated heterocycles. The monoisotopic (exact) mass is 200 g/mol. The number of carbonyl (C=O) groups excluding carboxylic acids is 1. The van der Waals surface area contributed by atoms with Crippen LogP contribution in [0.4, 0.5) is 0 Å². The minimum Gasteiger partial charge on any atom is -0.460 e. The molecule has 3 nitrogen and oxygen atoms in total. The zero-order valence-electron chi connectivity index (χ0n) is 8.87. The number of ether oxygens (including phenoxy) is 1. The third-order valence-corrected chi connectivity index (χ3v) is 2.67. The molecule has 1 aliphatic heterocycles. The molecule has 0 aliphatic carbocycles. The molecule has 0 amide bonds. The highest BCUT2D eigenvalue weighted by atomic mass is 16.6. The molecule has 3 heteroatoms. The smallest absolute Gasteiger partial charge is 0.335 e. The van der Waals surface area contributed by atoms with Gasteiger partial charge < -0.3 is 9.84 Å². The number of carbonyl (C=O) groups is 1. The summed E-state index contributed by atoms with van der Waals surface area (Å²) >= 11 is 0. The molecule has 0 saturated carbocycles. The Morgan fingerprint density at radius 3 is 2.64 bits per heavy atom. The van der Waals surface area contributed by atoms with Gasteiger partial charge in [0.2, 0.25) is 0 Å². The van der Waals surface area contributed by atoms with Gasteiger partial charge in [-0.25, -0.2) is 4.79 Å². The molecule has 1 rings (SSSR count). The van der Waals surface area contributed by atoms with Crippen LogP contribution in [0.15, 0.2) is 0 Å². The van der Waals surface area contributed by atoms with Crippen LogP contribution in [0.5, 0.6) is 0 Å². The van der Waals surface area contributed by atoms with Crippen molar-refractivity contribution in [2.75, 3.05) is 0 Å². The number of aliphatic hydroxyl groups is 1. The molecule has 1 fully saturated rings. The fraction of sp³-hybridized carbons (Fsp3) is 0.909. The van der Waals surface area contributed by atoms with Crippen LogP contribution in [0.2, 0.25) is 0 Å². The van der Waals surface area contributed by atoms with E-state index in [2.05, 4.69) is 6.92 Å². The molecule has 0 aromatic carbocycles. The van der Waals surface area contributed by atoms with E-state index in [0.29, 0.717) is 6.42 Å². The van der Waals surface area contributed by atoms with Crippen molar-refractivity contribution in [1.29, 1.82) is 0 Å². The first kappa shape index (κ1) is 11.5. The van der Waals surface area contributed by atoms with E-state index in [9.17, 15) is 4.79 Å². The van der Waals surface area contributed by atoms with Crippen molar-refractivity contribution in [2.24, 2.45) is 0 Å². The molecule has 0 bridgehead atoms. The first-order valence-corrected chi connectivity index (χ1v) is 5.62. The molecule has 2 atom stereocenters. The quantitative estimate of drug-likeness (QED) is 0.527. The van der Waals surface area contributed by atoms with Crippen molar-refractivity contribution in [2.45, 2.75) is 64.1 Å². The minimum atomic E-state index is -0.865. The molecule has 82 valence electrons. The number of cyclic esters (lactones) is 1. The summed E-state index contributed by atoms with van der Waals surface area (Å²) < 4.78 is 4.99. The van der Waals surface area contributed by atoms with Crippen LogP contribution in [0.1, 0.15) is 51.9 Å². The maximum Gasteiger partial charge on any atom is 0.335 e. The lowest BCUT2D eigenvalue weighted by molar-refractivity contribution is -0.147. The third kappa shape index (κ3) is 3.66. The number of aliphatic hydroxyl groups excluding tert-OH is 1. The summed E-state index contributed by atoms with van der Waals surface area (Å²) in [4.78, 5) is 10.8. The maximum atomic E-state index is 10.8. The average Bonchev–Trinajstić information content (AvgIpc) is 2.46. The Kier molecular flexibility index (Phi) is 4.94. The fourth-order valence-corrected chi connectivity index (χ4v) is 1.79. The standard InChI is InChI=1S/C11H20O3/c1-2-3-4-5-6-7-9-8-10(12)11(13)14-9/h9-10,12H,2-8H2,1H3/t9?,10-/m0/s1. The first-order chi connectivity index (χ1) is 6.74. The molecule has 0 aromatic rings. The normalized spacial score (nSPS) is 26.6. The van der Waals surface area contributed by atoms with Crippen molar-refractivity contribution in [3.8, 4) is 0 Å². The second kappa shape index (κ2) is 6.02. The van der Waals surface area contributed by atoms with E-state index in [-0.39, 0.29) is 6.10 Å². The number of rotatable bonds is 6. The summed E-state index contributed by atoms with van der Waals surface area (Å²) in [5.74, 6) is -0.441. The zero-order chi connectivity index (χ0) is 10.4. The van der Waals surface area contributed by atoms with Crippen molar-refractivity contribution < 1.29 is 14.6 Å². The largest absolute Gasteiger partial charge is 0.460 e. The summed E-state index contributed by atoms with van der Waals surface area (Å²) in [6, 6.07) is 0. The van der Waals surface area contributed by atoms with E-state index >= 15 is 0 Å². The summed E-state index contributed by atoms with van der Waals surface area (Å²) in [5, 5.41) is 9.13. The molecule has 1 unspecified atom stereocenters. The molecule has 14 heavy (non-hydrogen) atoms. The van der Waals surface area contributed by atoms with Crippen LogP contribution < -0.4 is 0 Å². The highest BCUT2D eigenvalue weighted by molar-refractivity contribution is 5.76. The van der Waals surface area contributed by atoms with E-state index in [1.165, 1.54) is 25.7 Å². The molecule has 1 aliphatic rings. The lowest BCUT2D eigenvalue weighted by atomic mass is 10.1. The zero-order valence-corrected chi connectivity index (χ0v) is 8.87. The second-order valence-corrected chi connectivity index (χ2v) is 4.01. The summed E-state index contributed by atoms with van der Waals surface area (Å²) in [7, 11) is 0. The lowest BCUT2D eigenvalue weighted by Gasteiger charge is -2.07. The molecule has 0 radical (unpaired) electrons. The molecule has 1 N–H and O–H groups in total. The van der Waals surface area contributed by atoms with Gasteiger partial charge in [0.1, 0.15) is 6.10 Å². The van der Waals surface area contributed by atoms with Gasteiger partial charge in [-0.15, -0.1) is 0 Å². The van der Waals surface area contributed by atoms with Crippen molar-refractivity contribution in [1.82, 2.24) is 0 Å². The van der Waals surface area contributed by atoms with E-state index in [1.54, 1.807) is 0 Å². The van der Waals surface area contributed by atoms with Crippen molar-refractivity contribution in [3.63, 3.8) is 0 Å². The SMILES string of the molecule is CCCCCCCC1C[C@H](O)C(=O)O1. The Morgan fingerprint density at radius 1 is 1.36 bits per heavy atom. The van der Waals surface area contributed by atoms with Crippen LogP contribution in [0.25, 0.3) is 0 Å². The van der Waals surface area contributed by atoms with Crippen LogP contribution in [-0.2, 0) is 9.53 Å². The molecule has 0 spiro atoms. The van der Waals surface area contributed by atoms with Gasteiger partial charge in [0, 0.05) is 6.42 Å². The topological polar surface area (TPSA) is 46.5 Å². The van der Waals surface area contributed by atoms with Crippen molar-refractivity contribution in [3.05, 3.63) is 0 Å². The Labute approximate surface area is 85.5 Å². The van der Waals surface area contributed by atoms with Gasteiger partial charge in [-0.3, -0.25) is 0 Å². The van der Waals surface area contributed by atoms with Gasteiger partial charge in [0.05, 0.1) is 0 Å². The fourth-order valence-electron chi connectivity index (χ4n) is 1.79. The van der Waals surface area contributed by atoms with E-state index in [0.717, 1.165) is 12.8 Å². The van der Waals surface area contributed by atoms with Gasteiger partial charge in [0.25, 0.3) is 0 Å². The number of hydrogen-bond acceptors (Lipinski definition) is 3. The predicted octanol–water partition coefficient (Wildman–Crippen LogP) is 2.02. The minimum absolute atomic E-state index is 0.0286. The van der Waals surface area contributed by atoms with Crippen molar-refractivity contribution >= 4 is 5.97 Å². The molecular formula is C11H20O3. The first-order valence-electron chi connectivity index (χ1n) is 5.62. The molecule has 1 heterocycles. The van der Waals surface area contributed by atoms with Crippen LogP contribution in [0, 0.1) is 0 Å². The summed E-state index contributed by atoms with van der Waals surface area (Å²) in [5.41, 5.74) is 0. The second-order valence-electron chi connectivity index (χ2n) is 4.01. The van der Waals surface area contributed by atoms with E-state index in [1.807, 2.05) is 0 Å². The third-order valence-electron chi connectivity index (χ3n) is 2.67. The van der Waals surface area contributed by atoms with Gasteiger partial charge in [-0.2, -0.15) is 0 Å². The molecule has 0 aromatic heterocycles. The Bertz CT molecular complexity index is 179. The predicted molar refractivity (Wildman–Crippen MR) is 53.9 cm³/mol. The summed E-state index contributed by atoms with van der Waals surface area (Å²) in [6.45, 7) is 2.19.